The number of carbonyl (C=O) groups excluding carboxylic acids is 4. The molecule has 176 valence electrons. The third-order valence-electron chi connectivity index (χ3n) is 7.97. The minimum atomic E-state index is -0.939. The molecular weight excluding hydrogens is 422 g/mol. The fraction of sp³-hybridized carbons (Fsp3) is 0.583. The molecule has 4 heterocycles. The second-order valence-electron chi connectivity index (χ2n) is 9.76. The van der Waals surface area contributed by atoms with Gasteiger partial charge in [0.15, 0.2) is 0 Å². The van der Waals surface area contributed by atoms with Gasteiger partial charge >= 0.3 is 0 Å². The summed E-state index contributed by atoms with van der Waals surface area (Å²) >= 11 is 0. The smallest absolute Gasteiger partial charge is 0.264 e. The van der Waals surface area contributed by atoms with Crippen molar-refractivity contribution in [2.24, 2.45) is 11.1 Å². The average molecular weight is 454 g/mol. The summed E-state index contributed by atoms with van der Waals surface area (Å²) < 4.78 is 0. The highest BCUT2D eigenvalue weighted by Gasteiger charge is 2.46. The lowest BCUT2D eigenvalue weighted by atomic mass is 9.71. The summed E-state index contributed by atoms with van der Waals surface area (Å²) in [4.78, 5) is 56.1. The van der Waals surface area contributed by atoms with Crippen molar-refractivity contribution in [3.63, 3.8) is 0 Å². The Morgan fingerprint density at radius 2 is 1.67 bits per heavy atom. The molecule has 4 aliphatic heterocycles. The number of imide groups is 2. The van der Waals surface area contributed by atoms with Crippen molar-refractivity contribution in [2.45, 2.75) is 44.6 Å². The molecule has 3 N–H and O–H groups in total. The van der Waals surface area contributed by atoms with Crippen molar-refractivity contribution in [1.82, 2.24) is 15.1 Å². The summed E-state index contributed by atoms with van der Waals surface area (Å²) in [6.07, 6.45) is 4.76. The fourth-order valence-corrected chi connectivity index (χ4v) is 5.92. The fourth-order valence-electron chi connectivity index (χ4n) is 5.92. The average Bonchev–Trinajstić information content (AvgIpc) is 3.07. The molecule has 1 aromatic rings. The number of benzene rings is 1. The Morgan fingerprint density at radius 1 is 0.970 bits per heavy atom. The Morgan fingerprint density at radius 3 is 2.33 bits per heavy atom. The largest absolute Gasteiger partial charge is 0.371 e. The van der Waals surface area contributed by atoms with E-state index in [2.05, 4.69) is 15.1 Å². The molecule has 9 nitrogen and oxygen atoms in total. The topological polar surface area (TPSA) is 116 Å². The third kappa shape index (κ3) is 3.83. The van der Waals surface area contributed by atoms with Gasteiger partial charge in [0.1, 0.15) is 6.04 Å². The van der Waals surface area contributed by atoms with E-state index < -0.39 is 23.8 Å². The zero-order chi connectivity index (χ0) is 23.2. The third-order valence-corrected chi connectivity index (χ3v) is 7.97. The van der Waals surface area contributed by atoms with Crippen LogP contribution in [0, 0.1) is 5.41 Å². The summed E-state index contributed by atoms with van der Waals surface area (Å²) in [7, 11) is 0. The monoisotopic (exact) mass is 453 g/mol. The Labute approximate surface area is 193 Å². The Kier molecular flexibility index (Phi) is 5.70. The molecule has 9 heteroatoms. The second-order valence-corrected chi connectivity index (χ2v) is 9.76. The van der Waals surface area contributed by atoms with Crippen LogP contribution in [0.15, 0.2) is 18.2 Å². The lowest BCUT2D eigenvalue weighted by molar-refractivity contribution is -0.136. The van der Waals surface area contributed by atoms with Gasteiger partial charge in [0, 0.05) is 32.6 Å². The quantitative estimate of drug-likeness (QED) is 0.646. The van der Waals surface area contributed by atoms with Crippen molar-refractivity contribution in [3.05, 3.63) is 29.3 Å². The number of amides is 4. The van der Waals surface area contributed by atoms with Crippen LogP contribution < -0.4 is 16.0 Å². The molecule has 4 aliphatic rings. The number of rotatable bonds is 4. The number of carbonyl (C=O) groups is 4. The van der Waals surface area contributed by atoms with Gasteiger partial charge in [-0.1, -0.05) is 6.07 Å². The van der Waals surface area contributed by atoms with Crippen LogP contribution in [0.1, 0.15) is 59.2 Å². The van der Waals surface area contributed by atoms with Crippen molar-refractivity contribution in [3.8, 4) is 0 Å². The summed E-state index contributed by atoms with van der Waals surface area (Å²) in [6.45, 7) is 5.51. The Bertz CT molecular complexity index is 991. The molecule has 1 aromatic carbocycles. The Hall–Kier alpha value is -2.78. The van der Waals surface area contributed by atoms with Gasteiger partial charge in [-0.2, -0.15) is 0 Å². The van der Waals surface area contributed by atoms with Crippen LogP contribution in [0.4, 0.5) is 5.69 Å². The van der Waals surface area contributed by atoms with Crippen LogP contribution in [0.5, 0.6) is 0 Å². The number of hydrogen-bond donors (Lipinski definition) is 2. The first-order valence-electron chi connectivity index (χ1n) is 11.9. The van der Waals surface area contributed by atoms with Crippen molar-refractivity contribution in [1.29, 1.82) is 0 Å². The molecule has 0 radical (unpaired) electrons. The molecular formula is C24H31N5O4. The van der Waals surface area contributed by atoms with Gasteiger partial charge in [-0.25, -0.2) is 0 Å². The number of fused-ring (bicyclic) bond motifs is 1. The first-order valence-corrected chi connectivity index (χ1v) is 11.9. The number of nitrogens with zero attached hydrogens (tertiary/aromatic N) is 3. The lowest BCUT2D eigenvalue weighted by Crippen LogP contribution is -2.54. The predicted molar refractivity (Wildman–Crippen MR) is 122 cm³/mol. The summed E-state index contributed by atoms with van der Waals surface area (Å²) in [5.41, 5.74) is 7.56. The van der Waals surface area contributed by atoms with E-state index >= 15 is 0 Å². The maximum atomic E-state index is 13.4. The SMILES string of the molecule is NCCN1CCC2(CC1)CCN(c1cccc3c1C(=O)N(C1CCC(=O)NC1=O)C3=O)CC2. The van der Waals surface area contributed by atoms with E-state index in [0.717, 1.165) is 56.2 Å². The highest BCUT2D eigenvalue weighted by atomic mass is 16.2. The first kappa shape index (κ1) is 22.0. The van der Waals surface area contributed by atoms with E-state index in [-0.39, 0.29) is 18.7 Å². The maximum Gasteiger partial charge on any atom is 0.264 e. The molecule has 0 aromatic heterocycles. The van der Waals surface area contributed by atoms with Crippen LogP contribution in [0.25, 0.3) is 0 Å². The lowest BCUT2D eigenvalue weighted by Gasteiger charge is -2.47. The standard InChI is InChI=1S/C24H31N5O4/c25-10-15-27-11-6-24(7-12-27)8-13-28(14-9-24)17-3-1-2-16-20(17)23(33)29(22(16)32)18-4-5-19(30)26-21(18)31/h1-3,18H,4-15,25H2,(H,26,30,31). The van der Waals surface area contributed by atoms with Gasteiger partial charge < -0.3 is 15.5 Å². The predicted octanol–water partition coefficient (Wildman–Crippen LogP) is 0.729. The number of piperidine rings is 3. The van der Waals surface area contributed by atoms with Crippen LogP contribution in [0.2, 0.25) is 0 Å². The van der Waals surface area contributed by atoms with Crippen molar-refractivity contribution < 1.29 is 19.2 Å². The zero-order valence-electron chi connectivity index (χ0n) is 18.8. The maximum absolute atomic E-state index is 13.4. The van der Waals surface area contributed by atoms with Gasteiger partial charge in [-0.3, -0.25) is 29.4 Å². The van der Waals surface area contributed by atoms with Crippen LogP contribution in [-0.2, 0) is 9.59 Å². The molecule has 3 saturated heterocycles. The molecule has 1 unspecified atom stereocenters. The number of hydrogen-bond acceptors (Lipinski definition) is 7. The van der Waals surface area contributed by atoms with Crippen LogP contribution >= 0.6 is 0 Å². The molecule has 4 amide bonds. The minimum absolute atomic E-state index is 0.119. The number of likely N-dealkylation sites (tertiary alicyclic amines) is 1. The van der Waals surface area contributed by atoms with E-state index in [1.54, 1.807) is 6.07 Å². The molecule has 0 bridgehead atoms. The van der Waals surface area contributed by atoms with Gasteiger partial charge in [0.2, 0.25) is 11.8 Å². The van der Waals surface area contributed by atoms with E-state index in [0.29, 0.717) is 23.1 Å². The van der Waals surface area contributed by atoms with Gasteiger partial charge in [-0.05, 0) is 62.7 Å². The van der Waals surface area contributed by atoms with Crippen molar-refractivity contribution >= 4 is 29.3 Å². The zero-order valence-corrected chi connectivity index (χ0v) is 18.8. The van der Waals surface area contributed by atoms with Gasteiger partial charge in [0.25, 0.3) is 11.8 Å². The Balaban J connectivity index is 1.32. The summed E-state index contributed by atoms with van der Waals surface area (Å²) in [5.74, 6) is -1.84. The number of anilines is 1. The number of nitrogens with two attached hydrogens (primary N) is 1. The van der Waals surface area contributed by atoms with E-state index in [4.69, 9.17) is 5.73 Å². The van der Waals surface area contributed by atoms with Crippen LogP contribution in [-0.4, -0.2) is 78.7 Å². The summed E-state index contributed by atoms with van der Waals surface area (Å²) in [6, 6.07) is 4.43. The molecule has 1 atom stereocenters. The summed E-state index contributed by atoms with van der Waals surface area (Å²) in [5, 5.41) is 2.25. The molecule has 1 spiro atoms. The molecule has 0 saturated carbocycles. The number of nitrogens with one attached hydrogen (secondary N) is 1. The van der Waals surface area contributed by atoms with Crippen LogP contribution in [0.3, 0.4) is 0 Å². The molecule has 0 aliphatic carbocycles. The van der Waals surface area contributed by atoms with Gasteiger partial charge in [-0.15, -0.1) is 0 Å². The second kappa shape index (κ2) is 8.53. The highest BCUT2D eigenvalue weighted by molar-refractivity contribution is 6.25. The van der Waals surface area contributed by atoms with E-state index in [9.17, 15) is 19.2 Å². The highest BCUT2D eigenvalue weighted by Crippen LogP contribution is 2.43. The molecule has 3 fully saturated rings. The molecule has 33 heavy (non-hydrogen) atoms. The normalized spacial score (nSPS) is 25.5. The van der Waals surface area contributed by atoms with Gasteiger partial charge in [0.05, 0.1) is 16.8 Å². The van der Waals surface area contributed by atoms with Crippen molar-refractivity contribution in [2.75, 3.05) is 44.2 Å². The van der Waals surface area contributed by atoms with E-state index in [1.165, 1.54) is 12.8 Å². The first-order chi connectivity index (χ1) is 15.9. The van der Waals surface area contributed by atoms with E-state index in [1.807, 2.05) is 12.1 Å². The molecule has 5 rings (SSSR count). The minimum Gasteiger partial charge on any atom is -0.371 e.